The van der Waals surface area contributed by atoms with Gasteiger partial charge in [0.1, 0.15) is 5.75 Å². The number of hydrogen-bond acceptors (Lipinski definition) is 4. The molecule has 1 N–H and O–H groups in total. The van der Waals surface area contributed by atoms with Crippen molar-refractivity contribution in [2.75, 3.05) is 75.8 Å². The van der Waals surface area contributed by atoms with Gasteiger partial charge in [-0.15, -0.1) is 0 Å². The molecule has 0 saturated carbocycles. The molecule has 2 aromatic carbocycles. The molecule has 0 radical (unpaired) electrons. The van der Waals surface area contributed by atoms with Crippen molar-refractivity contribution < 1.29 is 14.4 Å². The zero-order valence-corrected chi connectivity index (χ0v) is 17.2. The van der Waals surface area contributed by atoms with E-state index in [2.05, 4.69) is 46.2 Å². The van der Waals surface area contributed by atoms with Crippen molar-refractivity contribution in [3.63, 3.8) is 0 Å². The third-order valence-corrected chi connectivity index (χ3v) is 6.05. The quantitative estimate of drug-likeness (QED) is 0.811. The van der Waals surface area contributed by atoms with Crippen LogP contribution in [0.5, 0.6) is 5.75 Å². The molecule has 6 heteroatoms. The lowest BCUT2D eigenvalue weighted by atomic mass is 10.2. The number of methoxy groups -OCH3 is 1. The highest BCUT2D eigenvalue weighted by atomic mass is 16.5. The third-order valence-electron chi connectivity index (χ3n) is 6.05. The Kier molecular flexibility index (Phi) is 6.20. The van der Waals surface area contributed by atoms with Crippen LogP contribution < -0.4 is 19.4 Å². The van der Waals surface area contributed by atoms with Gasteiger partial charge in [-0.1, -0.05) is 30.3 Å². The summed E-state index contributed by atoms with van der Waals surface area (Å²) in [4.78, 5) is 21.0. The fraction of sp³-hybridized carbons (Fsp3) is 0.435. The van der Waals surface area contributed by atoms with Crippen LogP contribution in [0.15, 0.2) is 54.6 Å². The monoisotopic (exact) mass is 395 g/mol. The molecule has 2 aromatic rings. The maximum atomic E-state index is 12.8. The highest BCUT2D eigenvalue weighted by Gasteiger charge is 2.27. The Morgan fingerprint density at radius 2 is 1.52 bits per heavy atom. The second-order valence-electron chi connectivity index (χ2n) is 7.79. The van der Waals surface area contributed by atoms with Crippen LogP contribution in [-0.2, 0) is 4.79 Å². The minimum Gasteiger partial charge on any atom is -0.495 e. The first-order chi connectivity index (χ1) is 14.2. The van der Waals surface area contributed by atoms with Crippen LogP contribution in [0.3, 0.4) is 0 Å². The average molecular weight is 396 g/mol. The van der Waals surface area contributed by atoms with Crippen LogP contribution >= 0.6 is 0 Å². The smallest absolute Gasteiger partial charge is 0.277 e. The summed E-state index contributed by atoms with van der Waals surface area (Å²) in [5.74, 6) is 1.21. The Balaban J connectivity index is 1.24. The fourth-order valence-corrected chi connectivity index (χ4v) is 4.31. The number of quaternary nitrogens is 1. The van der Waals surface area contributed by atoms with Crippen molar-refractivity contribution >= 4 is 17.3 Å². The first-order valence-corrected chi connectivity index (χ1v) is 10.5. The van der Waals surface area contributed by atoms with Gasteiger partial charge in [0.25, 0.3) is 5.91 Å². The van der Waals surface area contributed by atoms with Crippen molar-refractivity contribution in [3.05, 3.63) is 54.6 Å². The van der Waals surface area contributed by atoms with E-state index in [-0.39, 0.29) is 0 Å². The molecule has 0 atom stereocenters. The van der Waals surface area contributed by atoms with E-state index in [1.807, 2.05) is 23.1 Å². The summed E-state index contributed by atoms with van der Waals surface area (Å²) in [6.07, 6.45) is 0. The molecule has 0 bridgehead atoms. The maximum absolute atomic E-state index is 12.8. The third kappa shape index (κ3) is 4.65. The summed E-state index contributed by atoms with van der Waals surface area (Å²) in [7, 11) is 1.72. The molecule has 2 aliphatic rings. The Bertz CT molecular complexity index is 798. The number of carbonyl (C=O) groups excluding carboxylic acids is 1. The SMILES string of the molecule is COc1ccccc1N1CC[NH+](CC(=O)N2CCN(c3ccccc3)CC2)CC1. The van der Waals surface area contributed by atoms with E-state index in [9.17, 15) is 4.79 Å². The van der Waals surface area contributed by atoms with Crippen molar-refractivity contribution in [1.82, 2.24) is 4.90 Å². The summed E-state index contributed by atoms with van der Waals surface area (Å²) < 4.78 is 5.50. The van der Waals surface area contributed by atoms with Crippen LogP contribution in [0, 0.1) is 0 Å². The number of ether oxygens (including phenoxy) is 1. The van der Waals surface area contributed by atoms with Crippen LogP contribution in [0.25, 0.3) is 0 Å². The molecule has 6 nitrogen and oxygen atoms in total. The van der Waals surface area contributed by atoms with E-state index < -0.39 is 0 Å². The molecule has 2 saturated heterocycles. The molecule has 0 spiro atoms. The van der Waals surface area contributed by atoms with Crippen LogP contribution in [0.1, 0.15) is 0 Å². The van der Waals surface area contributed by atoms with E-state index in [1.165, 1.54) is 10.6 Å². The predicted octanol–water partition coefficient (Wildman–Crippen LogP) is 0.749. The van der Waals surface area contributed by atoms with Gasteiger partial charge < -0.3 is 24.3 Å². The molecule has 1 amide bonds. The van der Waals surface area contributed by atoms with Crippen molar-refractivity contribution in [3.8, 4) is 5.75 Å². The van der Waals surface area contributed by atoms with Crippen molar-refractivity contribution in [2.24, 2.45) is 0 Å². The zero-order chi connectivity index (χ0) is 20.1. The summed E-state index contributed by atoms with van der Waals surface area (Å²) in [6, 6.07) is 18.6. The Hall–Kier alpha value is -2.73. The average Bonchev–Trinajstić information content (AvgIpc) is 2.80. The molecule has 2 aliphatic heterocycles. The lowest BCUT2D eigenvalue weighted by Gasteiger charge is -2.38. The summed E-state index contributed by atoms with van der Waals surface area (Å²) in [5.41, 5.74) is 2.40. The highest BCUT2D eigenvalue weighted by Crippen LogP contribution is 2.27. The van der Waals surface area contributed by atoms with Gasteiger partial charge in [-0.05, 0) is 24.3 Å². The summed E-state index contributed by atoms with van der Waals surface area (Å²) in [5, 5.41) is 0. The molecule has 29 heavy (non-hydrogen) atoms. The molecule has 0 aromatic heterocycles. The second kappa shape index (κ2) is 9.18. The van der Waals surface area contributed by atoms with Gasteiger partial charge in [0.05, 0.1) is 39.0 Å². The number of nitrogens with one attached hydrogen (secondary N) is 1. The Morgan fingerprint density at radius 3 is 2.21 bits per heavy atom. The van der Waals surface area contributed by atoms with E-state index >= 15 is 0 Å². The first kappa shape index (κ1) is 19.6. The molecule has 2 fully saturated rings. The van der Waals surface area contributed by atoms with Gasteiger partial charge in [-0.25, -0.2) is 0 Å². The molecular formula is C23H31N4O2+. The van der Waals surface area contributed by atoms with Crippen molar-refractivity contribution in [2.45, 2.75) is 0 Å². The molecule has 4 rings (SSSR count). The summed E-state index contributed by atoms with van der Waals surface area (Å²) in [6.45, 7) is 7.91. The van der Waals surface area contributed by atoms with Gasteiger partial charge in [0, 0.05) is 31.9 Å². The number of rotatable bonds is 5. The normalized spacial score (nSPS) is 18.0. The lowest BCUT2D eigenvalue weighted by Crippen LogP contribution is -3.16. The number of piperazine rings is 2. The van der Waals surface area contributed by atoms with Gasteiger partial charge in [0.2, 0.25) is 0 Å². The van der Waals surface area contributed by atoms with E-state index in [0.29, 0.717) is 12.5 Å². The molecule has 0 unspecified atom stereocenters. The fourth-order valence-electron chi connectivity index (χ4n) is 4.31. The summed E-state index contributed by atoms with van der Waals surface area (Å²) >= 11 is 0. The highest BCUT2D eigenvalue weighted by molar-refractivity contribution is 5.77. The standard InChI is InChI=1S/C23H30N4O2/c1-29-22-10-6-5-9-21(22)26-13-11-24(12-14-26)19-23(28)27-17-15-25(16-18-27)20-7-3-2-4-8-20/h2-10H,11-19H2,1H3/p+1. The van der Waals surface area contributed by atoms with Crippen molar-refractivity contribution in [1.29, 1.82) is 0 Å². The minimum absolute atomic E-state index is 0.290. The minimum atomic E-state index is 0.290. The Labute approximate surface area is 173 Å². The maximum Gasteiger partial charge on any atom is 0.277 e. The number of amides is 1. The molecule has 0 aliphatic carbocycles. The number of benzene rings is 2. The van der Waals surface area contributed by atoms with E-state index in [1.54, 1.807) is 7.11 Å². The molecular weight excluding hydrogens is 364 g/mol. The number of carbonyl (C=O) groups is 1. The van der Waals surface area contributed by atoms with E-state index in [4.69, 9.17) is 4.74 Å². The number of nitrogens with zero attached hydrogens (tertiary/aromatic N) is 3. The van der Waals surface area contributed by atoms with Gasteiger partial charge >= 0.3 is 0 Å². The molecule has 154 valence electrons. The van der Waals surface area contributed by atoms with Crippen LogP contribution in [0.4, 0.5) is 11.4 Å². The topological polar surface area (TPSA) is 40.5 Å². The lowest BCUT2D eigenvalue weighted by molar-refractivity contribution is -0.892. The van der Waals surface area contributed by atoms with Gasteiger partial charge in [-0.3, -0.25) is 4.79 Å². The molecule has 2 heterocycles. The van der Waals surface area contributed by atoms with Crippen LogP contribution in [-0.4, -0.2) is 76.8 Å². The van der Waals surface area contributed by atoms with Gasteiger partial charge in [0.15, 0.2) is 6.54 Å². The largest absolute Gasteiger partial charge is 0.495 e. The predicted molar refractivity (Wildman–Crippen MR) is 116 cm³/mol. The van der Waals surface area contributed by atoms with Gasteiger partial charge in [-0.2, -0.15) is 0 Å². The van der Waals surface area contributed by atoms with E-state index in [0.717, 1.165) is 63.8 Å². The Morgan fingerprint density at radius 1 is 0.862 bits per heavy atom. The van der Waals surface area contributed by atoms with Crippen LogP contribution in [0.2, 0.25) is 0 Å². The zero-order valence-electron chi connectivity index (χ0n) is 17.2. The number of hydrogen-bond donors (Lipinski definition) is 1. The second-order valence-corrected chi connectivity index (χ2v) is 7.79. The number of anilines is 2. The number of para-hydroxylation sites is 3. The first-order valence-electron chi connectivity index (χ1n) is 10.5.